The summed E-state index contributed by atoms with van der Waals surface area (Å²) in [6.07, 6.45) is 0.819. The summed E-state index contributed by atoms with van der Waals surface area (Å²) in [5.41, 5.74) is 0.0623. The molecule has 0 amide bonds. The number of nitrogens with zero attached hydrogens (tertiary/aromatic N) is 1. The Morgan fingerprint density at radius 3 is 2.76 bits per heavy atom. The highest BCUT2D eigenvalue weighted by molar-refractivity contribution is 5.94. The molecule has 1 N–H and O–H groups in total. The number of fused-ring (bicyclic) bond motifs is 1. The first kappa shape index (κ1) is 15.1. The fourth-order valence-electron chi connectivity index (χ4n) is 1.94. The van der Waals surface area contributed by atoms with Gasteiger partial charge in [-0.05, 0) is 32.9 Å². The molecule has 0 aliphatic carbocycles. The zero-order valence-electron chi connectivity index (χ0n) is 12.1. The molecule has 21 heavy (non-hydrogen) atoms. The molecule has 1 heterocycles. The highest BCUT2D eigenvalue weighted by atomic mass is 19.1. The van der Waals surface area contributed by atoms with Crippen molar-refractivity contribution in [3.63, 3.8) is 0 Å². The Hall–Kier alpha value is -2.32. The standard InChI is InChI=1S/C16H16FNO3/c1-16(2,3)21-15(20)18-10-11(6-5-9-19)14-12(17)7-4-8-13(14)18/h4,7-8,10,19H,9H2,1-3H3. The molecule has 2 rings (SSSR count). The van der Waals surface area contributed by atoms with E-state index in [9.17, 15) is 9.18 Å². The summed E-state index contributed by atoms with van der Waals surface area (Å²) in [6, 6.07) is 4.43. The molecule has 0 saturated carbocycles. The van der Waals surface area contributed by atoms with Gasteiger partial charge >= 0.3 is 6.09 Å². The monoisotopic (exact) mass is 289 g/mol. The molecule has 0 aliphatic rings. The third kappa shape index (κ3) is 3.23. The second-order valence-electron chi connectivity index (χ2n) is 5.49. The van der Waals surface area contributed by atoms with Gasteiger partial charge in [-0.3, -0.25) is 4.57 Å². The van der Waals surface area contributed by atoms with Crippen molar-refractivity contribution in [2.45, 2.75) is 26.4 Å². The molecule has 0 bridgehead atoms. The van der Waals surface area contributed by atoms with E-state index < -0.39 is 17.5 Å². The number of ether oxygens (including phenoxy) is 1. The zero-order valence-corrected chi connectivity index (χ0v) is 12.1. The number of halogens is 1. The van der Waals surface area contributed by atoms with Crippen LogP contribution in [0.15, 0.2) is 24.4 Å². The second kappa shape index (κ2) is 5.58. The van der Waals surface area contributed by atoms with Gasteiger partial charge in [0.15, 0.2) is 0 Å². The largest absolute Gasteiger partial charge is 0.443 e. The maximum absolute atomic E-state index is 14.0. The van der Waals surface area contributed by atoms with Gasteiger partial charge in [-0.1, -0.05) is 17.9 Å². The van der Waals surface area contributed by atoms with Gasteiger partial charge in [-0.15, -0.1) is 0 Å². The number of aliphatic hydroxyl groups excluding tert-OH is 1. The maximum atomic E-state index is 14.0. The summed E-state index contributed by atoms with van der Waals surface area (Å²) < 4.78 is 20.5. The van der Waals surface area contributed by atoms with Crippen LogP contribution in [0.4, 0.5) is 9.18 Å². The van der Waals surface area contributed by atoms with E-state index in [1.165, 1.54) is 22.9 Å². The molecule has 0 fully saturated rings. The number of aliphatic hydroxyl groups is 1. The summed E-state index contributed by atoms with van der Waals surface area (Å²) in [7, 11) is 0. The summed E-state index contributed by atoms with van der Waals surface area (Å²) in [5, 5.41) is 9.01. The lowest BCUT2D eigenvalue weighted by Gasteiger charge is -2.19. The molecule has 0 spiro atoms. The number of benzene rings is 1. The van der Waals surface area contributed by atoms with Crippen molar-refractivity contribution in [3.8, 4) is 11.8 Å². The molecule has 2 aromatic rings. The van der Waals surface area contributed by atoms with Crippen molar-refractivity contribution < 1.29 is 19.0 Å². The first-order chi connectivity index (χ1) is 9.83. The van der Waals surface area contributed by atoms with E-state index in [-0.39, 0.29) is 12.0 Å². The fraction of sp³-hybridized carbons (Fsp3) is 0.312. The van der Waals surface area contributed by atoms with E-state index in [0.717, 1.165) is 0 Å². The van der Waals surface area contributed by atoms with Crippen LogP contribution in [0.1, 0.15) is 26.3 Å². The summed E-state index contributed by atoms with van der Waals surface area (Å²) in [5.74, 6) is 4.63. The van der Waals surface area contributed by atoms with Crippen LogP contribution in [-0.4, -0.2) is 28.0 Å². The Labute approximate surface area is 122 Å². The summed E-state index contributed by atoms with van der Waals surface area (Å²) in [4.78, 5) is 12.2. The molecule has 5 heteroatoms. The number of hydrogen-bond acceptors (Lipinski definition) is 3. The van der Waals surface area contributed by atoms with E-state index in [1.54, 1.807) is 26.8 Å². The second-order valence-corrected chi connectivity index (χ2v) is 5.49. The van der Waals surface area contributed by atoms with Gasteiger partial charge in [-0.2, -0.15) is 0 Å². The van der Waals surface area contributed by atoms with Crippen LogP contribution >= 0.6 is 0 Å². The lowest BCUT2D eigenvalue weighted by Crippen LogP contribution is -2.26. The lowest BCUT2D eigenvalue weighted by molar-refractivity contribution is 0.0544. The average molecular weight is 289 g/mol. The van der Waals surface area contributed by atoms with Crippen LogP contribution in [-0.2, 0) is 4.74 Å². The highest BCUT2D eigenvalue weighted by Gasteiger charge is 2.21. The average Bonchev–Trinajstić information content (AvgIpc) is 2.74. The molecule has 0 radical (unpaired) electrons. The van der Waals surface area contributed by atoms with Crippen molar-refractivity contribution in [1.29, 1.82) is 0 Å². The van der Waals surface area contributed by atoms with Crippen LogP contribution in [0.5, 0.6) is 0 Å². The Morgan fingerprint density at radius 2 is 2.14 bits per heavy atom. The first-order valence-corrected chi connectivity index (χ1v) is 6.46. The number of rotatable bonds is 0. The van der Waals surface area contributed by atoms with Gasteiger partial charge in [0.2, 0.25) is 0 Å². The van der Waals surface area contributed by atoms with Crippen molar-refractivity contribution in [2.24, 2.45) is 0 Å². The molecular weight excluding hydrogens is 273 g/mol. The number of aromatic nitrogens is 1. The third-order valence-electron chi connectivity index (χ3n) is 2.67. The SMILES string of the molecule is CC(C)(C)OC(=O)n1cc(C#CCO)c2c(F)cccc21. The zero-order chi connectivity index (χ0) is 15.6. The Morgan fingerprint density at radius 1 is 1.43 bits per heavy atom. The molecule has 0 atom stereocenters. The molecule has 0 unspecified atom stereocenters. The third-order valence-corrected chi connectivity index (χ3v) is 2.67. The van der Waals surface area contributed by atoms with Gasteiger partial charge < -0.3 is 9.84 Å². The van der Waals surface area contributed by atoms with E-state index in [0.29, 0.717) is 11.1 Å². The van der Waals surface area contributed by atoms with Crippen molar-refractivity contribution >= 4 is 17.0 Å². The van der Waals surface area contributed by atoms with E-state index in [2.05, 4.69) is 11.8 Å². The van der Waals surface area contributed by atoms with Gasteiger partial charge in [-0.25, -0.2) is 9.18 Å². The maximum Gasteiger partial charge on any atom is 0.419 e. The molecule has 0 aliphatic heterocycles. The smallest absolute Gasteiger partial charge is 0.419 e. The van der Waals surface area contributed by atoms with E-state index >= 15 is 0 Å². The Bertz CT molecular complexity index is 744. The van der Waals surface area contributed by atoms with Crippen LogP contribution in [0, 0.1) is 17.7 Å². The molecule has 0 saturated heterocycles. The number of carbonyl (C=O) groups excluding carboxylic acids is 1. The van der Waals surface area contributed by atoms with Crippen LogP contribution in [0.25, 0.3) is 10.9 Å². The predicted octanol–water partition coefficient (Wildman–Crippen LogP) is 2.91. The fourth-order valence-corrected chi connectivity index (χ4v) is 1.94. The predicted molar refractivity (Wildman–Crippen MR) is 77.5 cm³/mol. The minimum absolute atomic E-state index is 0.240. The van der Waals surface area contributed by atoms with Gasteiger partial charge in [0.1, 0.15) is 18.0 Å². The number of hydrogen-bond donors (Lipinski definition) is 1. The highest BCUT2D eigenvalue weighted by Crippen LogP contribution is 2.25. The molecule has 110 valence electrons. The minimum Gasteiger partial charge on any atom is -0.443 e. The molecule has 4 nitrogen and oxygen atoms in total. The topological polar surface area (TPSA) is 51.5 Å². The van der Waals surface area contributed by atoms with Crippen LogP contribution < -0.4 is 0 Å². The minimum atomic E-state index is -0.655. The van der Waals surface area contributed by atoms with E-state index in [1.807, 2.05) is 0 Å². The molecular formula is C16H16FNO3. The van der Waals surface area contributed by atoms with Gasteiger partial charge in [0, 0.05) is 6.20 Å². The number of carbonyl (C=O) groups is 1. The normalized spacial score (nSPS) is 11.1. The van der Waals surface area contributed by atoms with E-state index in [4.69, 9.17) is 9.84 Å². The molecule has 1 aromatic carbocycles. The Balaban J connectivity index is 2.60. The lowest BCUT2D eigenvalue weighted by atomic mass is 10.1. The van der Waals surface area contributed by atoms with Crippen LogP contribution in [0.2, 0.25) is 0 Å². The van der Waals surface area contributed by atoms with Crippen molar-refractivity contribution in [3.05, 3.63) is 35.8 Å². The van der Waals surface area contributed by atoms with Crippen LogP contribution in [0.3, 0.4) is 0 Å². The van der Waals surface area contributed by atoms with Crippen molar-refractivity contribution in [1.82, 2.24) is 4.57 Å². The summed E-state index contributed by atoms with van der Waals surface area (Å²) >= 11 is 0. The van der Waals surface area contributed by atoms with Gasteiger partial charge in [0.05, 0.1) is 16.5 Å². The van der Waals surface area contributed by atoms with Crippen molar-refractivity contribution in [2.75, 3.05) is 6.61 Å². The molecule has 1 aromatic heterocycles. The van der Waals surface area contributed by atoms with Gasteiger partial charge in [0.25, 0.3) is 0 Å². The first-order valence-electron chi connectivity index (χ1n) is 6.46. The summed E-state index contributed by atoms with van der Waals surface area (Å²) in [6.45, 7) is 4.92. The quantitative estimate of drug-likeness (QED) is 0.759. The Kier molecular flexibility index (Phi) is 4.01.